The summed E-state index contributed by atoms with van der Waals surface area (Å²) in [6.45, 7) is 0.465. The van der Waals surface area contributed by atoms with Crippen LogP contribution in [0.3, 0.4) is 0 Å². The van der Waals surface area contributed by atoms with Crippen LogP contribution in [0.4, 0.5) is 10.1 Å². The molecule has 1 aromatic carbocycles. The van der Waals surface area contributed by atoms with E-state index in [4.69, 9.17) is 4.74 Å². The van der Waals surface area contributed by atoms with Crippen LogP contribution in [0.25, 0.3) is 0 Å². The summed E-state index contributed by atoms with van der Waals surface area (Å²) in [6.07, 6.45) is -0.651. The van der Waals surface area contributed by atoms with Crippen molar-refractivity contribution in [2.75, 3.05) is 25.6 Å². The minimum Gasteiger partial charge on any atom is -0.389 e. The molecule has 2 N–H and O–H groups in total. The number of hydrogen-bond donors (Lipinski definition) is 2. The Morgan fingerprint density at radius 2 is 2.33 bits per heavy atom. The van der Waals surface area contributed by atoms with Gasteiger partial charge in [-0.25, -0.2) is 4.39 Å². The molecule has 1 atom stereocenters. The van der Waals surface area contributed by atoms with Crippen molar-refractivity contribution in [1.82, 2.24) is 0 Å². The zero-order valence-electron chi connectivity index (χ0n) is 8.34. The van der Waals surface area contributed by atoms with E-state index in [0.717, 1.165) is 0 Å². The second-order valence-electron chi connectivity index (χ2n) is 3.09. The normalized spacial score (nSPS) is 12.5. The topological polar surface area (TPSA) is 41.5 Å². The molecular formula is C10H13BrFNO2. The Hall–Kier alpha value is -0.650. The summed E-state index contributed by atoms with van der Waals surface area (Å²) in [5.41, 5.74) is 0.354. The maximum Gasteiger partial charge on any atom is 0.147 e. The fourth-order valence-electron chi connectivity index (χ4n) is 1.14. The molecule has 84 valence electrons. The largest absolute Gasteiger partial charge is 0.389 e. The molecule has 0 saturated heterocycles. The zero-order valence-corrected chi connectivity index (χ0v) is 9.92. The highest BCUT2D eigenvalue weighted by Crippen LogP contribution is 2.24. The molecule has 3 nitrogen and oxygen atoms in total. The van der Waals surface area contributed by atoms with Crippen molar-refractivity contribution in [1.29, 1.82) is 0 Å². The number of aliphatic hydroxyl groups is 1. The van der Waals surface area contributed by atoms with Gasteiger partial charge < -0.3 is 15.2 Å². The molecule has 1 rings (SSSR count). The molecule has 0 spiro atoms. The molecule has 0 heterocycles. The highest BCUT2D eigenvalue weighted by molar-refractivity contribution is 9.10. The third-order valence-electron chi connectivity index (χ3n) is 1.84. The van der Waals surface area contributed by atoms with E-state index in [1.165, 1.54) is 13.2 Å². The number of nitrogens with one attached hydrogen (secondary N) is 1. The molecule has 0 saturated carbocycles. The molecule has 5 heteroatoms. The van der Waals surface area contributed by atoms with Crippen molar-refractivity contribution in [3.8, 4) is 0 Å². The van der Waals surface area contributed by atoms with Gasteiger partial charge in [0.25, 0.3) is 0 Å². The lowest BCUT2D eigenvalue weighted by molar-refractivity contribution is 0.0727. The standard InChI is InChI=1S/C10H13BrFNO2/c1-15-6-7(14)5-13-10-8(11)3-2-4-9(10)12/h2-4,7,13-14H,5-6H2,1H3. The van der Waals surface area contributed by atoms with Crippen LogP contribution in [-0.2, 0) is 4.74 Å². The molecule has 0 aliphatic heterocycles. The molecule has 0 radical (unpaired) electrons. The van der Waals surface area contributed by atoms with Crippen LogP contribution in [-0.4, -0.2) is 31.5 Å². The van der Waals surface area contributed by atoms with Crippen molar-refractivity contribution in [3.05, 3.63) is 28.5 Å². The molecule has 0 aliphatic carbocycles. The van der Waals surface area contributed by atoms with Gasteiger partial charge in [-0.1, -0.05) is 6.07 Å². The monoisotopic (exact) mass is 277 g/mol. The molecule has 0 amide bonds. The van der Waals surface area contributed by atoms with E-state index in [1.807, 2.05) is 0 Å². The van der Waals surface area contributed by atoms with E-state index in [2.05, 4.69) is 21.2 Å². The van der Waals surface area contributed by atoms with Crippen molar-refractivity contribution in [3.63, 3.8) is 0 Å². The number of anilines is 1. The van der Waals surface area contributed by atoms with Crippen LogP contribution >= 0.6 is 15.9 Å². The van der Waals surface area contributed by atoms with Gasteiger partial charge in [0.2, 0.25) is 0 Å². The van der Waals surface area contributed by atoms with E-state index >= 15 is 0 Å². The first-order valence-corrected chi connectivity index (χ1v) is 5.29. The molecule has 0 aromatic heterocycles. The maximum absolute atomic E-state index is 13.3. The predicted octanol–water partition coefficient (Wildman–Crippen LogP) is 2.01. The molecule has 0 fully saturated rings. The Morgan fingerprint density at radius 1 is 1.60 bits per heavy atom. The summed E-state index contributed by atoms with van der Waals surface area (Å²) < 4.78 is 18.7. The first-order valence-electron chi connectivity index (χ1n) is 4.50. The van der Waals surface area contributed by atoms with Crippen LogP contribution in [0.1, 0.15) is 0 Å². The van der Waals surface area contributed by atoms with E-state index in [-0.39, 0.29) is 19.0 Å². The van der Waals surface area contributed by atoms with Gasteiger partial charge in [-0.05, 0) is 28.1 Å². The van der Waals surface area contributed by atoms with Gasteiger partial charge >= 0.3 is 0 Å². The molecule has 1 unspecified atom stereocenters. The third kappa shape index (κ3) is 3.77. The minimum atomic E-state index is -0.651. The number of benzene rings is 1. The van der Waals surface area contributed by atoms with Gasteiger partial charge in [-0.2, -0.15) is 0 Å². The van der Waals surface area contributed by atoms with Gasteiger partial charge in [-0.3, -0.25) is 0 Å². The Balaban J connectivity index is 2.57. The second-order valence-corrected chi connectivity index (χ2v) is 3.94. The SMILES string of the molecule is COCC(O)CNc1c(F)cccc1Br. The lowest BCUT2D eigenvalue weighted by Gasteiger charge is -2.13. The molecule has 0 aliphatic rings. The first kappa shape index (κ1) is 12.4. The summed E-state index contributed by atoms with van der Waals surface area (Å²) in [6, 6.07) is 4.69. The van der Waals surface area contributed by atoms with Gasteiger partial charge in [0.1, 0.15) is 5.82 Å². The Bertz CT molecular complexity index is 302. The number of halogens is 2. The molecular weight excluding hydrogens is 265 g/mol. The average Bonchev–Trinajstić information content (AvgIpc) is 2.17. The molecule has 1 aromatic rings. The van der Waals surface area contributed by atoms with Crippen molar-refractivity contribution in [2.45, 2.75) is 6.10 Å². The van der Waals surface area contributed by atoms with Gasteiger partial charge in [0, 0.05) is 18.1 Å². The van der Waals surface area contributed by atoms with Crippen LogP contribution in [0.2, 0.25) is 0 Å². The highest BCUT2D eigenvalue weighted by Gasteiger charge is 2.08. The quantitative estimate of drug-likeness (QED) is 0.865. The summed E-state index contributed by atoms with van der Waals surface area (Å²) in [5, 5.41) is 12.2. The van der Waals surface area contributed by atoms with Crippen LogP contribution in [0.5, 0.6) is 0 Å². The van der Waals surface area contributed by atoms with E-state index in [0.29, 0.717) is 10.2 Å². The van der Waals surface area contributed by atoms with Gasteiger partial charge in [0.15, 0.2) is 0 Å². The lowest BCUT2D eigenvalue weighted by Crippen LogP contribution is -2.24. The summed E-state index contributed by atoms with van der Waals surface area (Å²) >= 11 is 3.22. The summed E-state index contributed by atoms with van der Waals surface area (Å²) in [5.74, 6) is -0.353. The second kappa shape index (κ2) is 6.05. The van der Waals surface area contributed by atoms with Gasteiger partial charge in [-0.15, -0.1) is 0 Å². The molecule has 15 heavy (non-hydrogen) atoms. The highest BCUT2D eigenvalue weighted by atomic mass is 79.9. The lowest BCUT2D eigenvalue weighted by atomic mass is 10.3. The number of methoxy groups -OCH3 is 1. The third-order valence-corrected chi connectivity index (χ3v) is 2.50. The number of rotatable bonds is 5. The fraction of sp³-hybridized carbons (Fsp3) is 0.400. The first-order chi connectivity index (χ1) is 7.15. The summed E-state index contributed by atoms with van der Waals surface area (Å²) in [7, 11) is 1.50. The van der Waals surface area contributed by atoms with Crippen molar-refractivity contribution >= 4 is 21.6 Å². The Morgan fingerprint density at radius 3 is 2.93 bits per heavy atom. The van der Waals surface area contributed by atoms with E-state index in [1.54, 1.807) is 12.1 Å². The fourth-order valence-corrected chi connectivity index (χ4v) is 1.62. The maximum atomic E-state index is 13.3. The average molecular weight is 278 g/mol. The van der Waals surface area contributed by atoms with E-state index in [9.17, 15) is 9.50 Å². The van der Waals surface area contributed by atoms with Gasteiger partial charge in [0.05, 0.1) is 18.4 Å². The number of hydrogen-bond acceptors (Lipinski definition) is 3. The van der Waals surface area contributed by atoms with Crippen LogP contribution < -0.4 is 5.32 Å². The van der Waals surface area contributed by atoms with Crippen molar-refractivity contribution < 1.29 is 14.2 Å². The van der Waals surface area contributed by atoms with Crippen molar-refractivity contribution in [2.24, 2.45) is 0 Å². The van der Waals surface area contributed by atoms with Crippen LogP contribution in [0.15, 0.2) is 22.7 Å². The van der Waals surface area contributed by atoms with Crippen LogP contribution in [0, 0.1) is 5.82 Å². The zero-order chi connectivity index (χ0) is 11.3. The number of aliphatic hydroxyl groups excluding tert-OH is 1. The van der Waals surface area contributed by atoms with E-state index < -0.39 is 6.10 Å². The Kier molecular flexibility index (Phi) is 5.01. The Labute approximate surface area is 96.4 Å². The number of ether oxygens (including phenoxy) is 1. The number of para-hydroxylation sites is 1. The predicted molar refractivity (Wildman–Crippen MR) is 60.5 cm³/mol. The molecule has 0 bridgehead atoms. The minimum absolute atomic E-state index is 0.221. The smallest absolute Gasteiger partial charge is 0.147 e. The summed E-state index contributed by atoms with van der Waals surface area (Å²) in [4.78, 5) is 0.